The maximum absolute atomic E-state index is 12.5. The molecule has 1 aromatic carbocycles. The number of anilines is 1. The van der Waals surface area contributed by atoms with E-state index in [1.165, 1.54) is 0 Å². The Labute approximate surface area is 142 Å². The van der Waals surface area contributed by atoms with E-state index in [1.54, 1.807) is 24.1 Å². The molecule has 1 saturated heterocycles. The number of likely N-dealkylation sites (N-methyl/N-ethyl adjacent to an activating group) is 1. The molecule has 126 valence electrons. The Morgan fingerprint density at radius 2 is 2.04 bits per heavy atom. The van der Waals surface area contributed by atoms with E-state index in [9.17, 15) is 9.59 Å². The van der Waals surface area contributed by atoms with Gasteiger partial charge in [-0.15, -0.1) is 0 Å². The van der Waals surface area contributed by atoms with Gasteiger partial charge in [-0.1, -0.05) is 25.4 Å². The van der Waals surface area contributed by atoms with Crippen molar-refractivity contribution in [3.8, 4) is 0 Å². The Bertz CT molecular complexity index is 604. The van der Waals surface area contributed by atoms with Crippen LogP contribution in [0.4, 0.5) is 5.69 Å². The van der Waals surface area contributed by atoms with Gasteiger partial charge in [-0.25, -0.2) is 0 Å². The molecule has 0 spiro atoms. The number of carbonyl (C=O) groups excluding carboxylic acids is 2. The Balaban J connectivity index is 2.12. The number of likely N-dealkylation sites (tertiary alicyclic amines) is 1. The van der Waals surface area contributed by atoms with Crippen molar-refractivity contribution in [2.45, 2.75) is 39.3 Å². The van der Waals surface area contributed by atoms with Crippen molar-refractivity contribution in [1.82, 2.24) is 10.2 Å². The van der Waals surface area contributed by atoms with Gasteiger partial charge in [0.25, 0.3) is 5.91 Å². The van der Waals surface area contributed by atoms with Crippen LogP contribution in [0.5, 0.6) is 0 Å². The van der Waals surface area contributed by atoms with E-state index >= 15 is 0 Å². The highest BCUT2D eigenvalue weighted by atomic mass is 35.5. The first-order valence-electron chi connectivity index (χ1n) is 7.91. The van der Waals surface area contributed by atoms with Crippen molar-refractivity contribution >= 4 is 29.1 Å². The molecule has 1 aliphatic heterocycles. The van der Waals surface area contributed by atoms with Crippen molar-refractivity contribution < 1.29 is 9.59 Å². The Morgan fingerprint density at radius 1 is 1.35 bits per heavy atom. The molecule has 23 heavy (non-hydrogen) atoms. The third kappa shape index (κ3) is 4.16. The summed E-state index contributed by atoms with van der Waals surface area (Å²) in [6.45, 7) is 7.00. The second-order valence-corrected chi connectivity index (χ2v) is 6.85. The SMILES string of the molecule is CC(C)C(C)Nc1ccc(Cl)c(C(=O)NC2CCN(C)C2=O)c1. The van der Waals surface area contributed by atoms with Gasteiger partial charge < -0.3 is 15.5 Å². The average molecular weight is 338 g/mol. The third-order valence-electron chi connectivity index (χ3n) is 4.34. The zero-order valence-corrected chi connectivity index (χ0v) is 14.8. The number of carbonyl (C=O) groups is 2. The highest BCUT2D eigenvalue weighted by Crippen LogP contribution is 2.22. The first kappa shape index (κ1) is 17.6. The summed E-state index contributed by atoms with van der Waals surface area (Å²) in [5.74, 6) is 0.0938. The highest BCUT2D eigenvalue weighted by Gasteiger charge is 2.30. The van der Waals surface area contributed by atoms with Gasteiger partial charge in [0.15, 0.2) is 0 Å². The molecule has 1 aliphatic rings. The molecule has 2 amide bonds. The summed E-state index contributed by atoms with van der Waals surface area (Å²) >= 11 is 6.16. The lowest BCUT2D eigenvalue weighted by Gasteiger charge is -2.20. The molecule has 0 saturated carbocycles. The molecule has 1 aromatic rings. The standard InChI is InChI=1S/C17H24ClN3O2/c1-10(2)11(3)19-12-5-6-14(18)13(9-12)16(22)20-15-7-8-21(4)17(15)23/h5-6,9-11,15,19H,7-8H2,1-4H3,(H,20,22). The molecule has 2 rings (SSSR count). The fourth-order valence-corrected chi connectivity index (χ4v) is 2.61. The normalized spacial score (nSPS) is 19.1. The van der Waals surface area contributed by atoms with E-state index in [0.717, 1.165) is 5.69 Å². The number of benzene rings is 1. The second kappa shape index (κ2) is 7.21. The predicted octanol–water partition coefficient (Wildman–Crippen LogP) is 2.76. The van der Waals surface area contributed by atoms with Crippen molar-refractivity contribution in [2.75, 3.05) is 18.9 Å². The second-order valence-electron chi connectivity index (χ2n) is 6.45. The van der Waals surface area contributed by atoms with E-state index in [0.29, 0.717) is 29.5 Å². The molecule has 6 heteroatoms. The molecule has 1 fully saturated rings. The molecule has 0 aliphatic carbocycles. The topological polar surface area (TPSA) is 61.4 Å². The van der Waals surface area contributed by atoms with Crippen LogP contribution in [0.1, 0.15) is 37.6 Å². The van der Waals surface area contributed by atoms with E-state index in [4.69, 9.17) is 11.6 Å². The summed E-state index contributed by atoms with van der Waals surface area (Å²) in [5, 5.41) is 6.52. The first-order chi connectivity index (χ1) is 10.8. The van der Waals surface area contributed by atoms with Crippen molar-refractivity contribution in [3.05, 3.63) is 28.8 Å². The summed E-state index contributed by atoms with van der Waals surface area (Å²) in [7, 11) is 1.74. The average Bonchev–Trinajstić information content (AvgIpc) is 2.81. The molecule has 2 unspecified atom stereocenters. The van der Waals surface area contributed by atoms with Gasteiger partial charge in [-0.2, -0.15) is 0 Å². The van der Waals surface area contributed by atoms with E-state index < -0.39 is 6.04 Å². The highest BCUT2D eigenvalue weighted by molar-refractivity contribution is 6.34. The number of amides is 2. The summed E-state index contributed by atoms with van der Waals surface area (Å²) in [4.78, 5) is 26.0. The monoisotopic (exact) mass is 337 g/mol. The van der Waals surface area contributed by atoms with Gasteiger partial charge in [-0.3, -0.25) is 9.59 Å². The largest absolute Gasteiger partial charge is 0.382 e. The van der Waals surface area contributed by atoms with Crippen LogP contribution in [0.25, 0.3) is 0 Å². The first-order valence-corrected chi connectivity index (χ1v) is 8.29. The molecular formula is C17H24ClN3O2. The van der Waals surface area contributed by atoms with Crippen LogP contribution in [0.2, 0.25) is 5.02 Å². The quantitative estimate of drug-likeness (QED) is 0.868. The molecule has 2 atom stereocenters. The van der Waals surface area contributed by atoms with Gasteiger partial charge in [0, 0.05) is 25.3 Å². The zero-order valence-electron chi connectivity index (χ0n) is 14.0. The van der Waals surface area contributed by atoms with Crippen LogP contribution in [-0.2, 0) is 4.79 Å². The molecule has 0 radical (unpaired) electrons. The fraction of sp³-hybridized carbons (Fsp3) is 0.529. The molecular weight excluding hydrogens is 314 g/mol. The zero-order chi connectivity index (χ0) is 17.1. The predicted molar refractivity (Wildman–Crippen MR) is 92.9 cm³/mol. The molecule has 1 heterocycles. The molecule has 0 aromatic heterocycles. The van der Waals surface area contributed by atoms with Crippen LogP contribution in [0, 0.1) is 5.92 Å². The minimum Gasteiger partial charge on any atom is -0.382 e. The van der Waals surface area contributed by atoms with Gasteiger partial charge in [0.05, 0.1) is 10.6 Å². The number of nitrogens with one attached hydrogen (secondary N) is 2. The van der Waals surface area contributed by atoms with Gasteiger partial charge in [-0.05, 0) is 37.5 Å². The third-order valence-corrected chi connectivity index (χ3v) is 4.67. The minimum absolute atomic E-state index is 0.0582. The number of rotatable bonds is 5. The van der Waals surface area contributed by atoms with Crippen LogP contribution in [0.15, 0.2) is 18.2 Å². The summed E-state index contributed by atoms with van der Waals surface area (Å²) in [6, 6.07) is 5.10. The summed E-state index contributed by atoms with van der Waals surface area (Å²) < 4.78 is 0. The van der Waals surface area contributed by atoms with E-state index in [2.05, 4.69) is 31.4 Å². The number of nitrogens with zero attached hydrogens (tertiary/aromatic N) is 1. The lowest BCUT2D eigenvalue weighted by Crippen LogP contribution is -2.40. The van der Waals surface area contributed by atoms with Crippen LogP contribution in [0.3, 0.4) is 0 Å². The fourth-order valence-electron chi connectivity index (χ4n) is 2.41. The van der Waals surface area contributed by atoms with Crippen molar-refractivity contribution in [2.24, 2.45) is 5.92 Å². The Hall–Kier alpha value is -1.75. The lowest BCUT2D eigenvalue weighted by atomic mass is 10.1. The number of hydrogen-bond acceptors (Lipinski definition) is 3. The van der Waals surface area contributed by atoms with E-state index in [1.807, 2.05) is 6.07 Å². The molecule has 0 bridgehead atoms. The summed E-state index contributed by atoms with van der Waals surface area (Å²) in [6.07, 6.45) is 0.626. The Morgan fingerprint density at radius 3 is 2.61 bits per heavy atom. The number of halogens is 1. The lowest BCUT2D eigenvalue weighted by molar-refractivity contribution is -0.128. The smallest absolute Gasteiger partial charge is 0.253 e. The maximum Gasteiger partial charge on any atom is 0.253 e. The van der Waals surface area contributed by atoms with Crippen molar-refractivity contribution in [1.29, 1.82) is 0 Å². The van der Waals surface area contributed by atoms with Crippen LogP contribution in [-0.4, -0.2) is 42.4 Å². The van der Waals surface area contributed by atoms with Gasteiger partial charge >= 0.3 is 0 Å². The molecule has 5 nitrogen and oxygen atoms in total. The maximum atomic E-state index is 12.5. The van der Waals surface area contributed by atoms with E-state index in [-0.39, 0.29) is 17.9 Å². The van der Waals surface area contributed by atoms with Crippen LogP contribution < -0.4 is 10.6 Å². The summed E-state index contributed by atoms with van der Waals surface area (Å²) in [5.41, 5.74) is 1.23. The Kier molecular flexibility index (Phi) is 5.52. The van der Waals surface area contributed by atoms with Gasteiger partial charge in [0.2, 0.25) is 5.91 Å². The van der Waals surface area contributed by atoms with Crippen LogP contribution >= 0.6 is 11.6 Å². The van der Waals surface area contributed by atoms with Gasteiger partial charge in [0.1, 0.15) is 6.04 Å². The number of hydrogen-bond donors (Lipinski definition) is 2. The minimum atomic E-state index is -0.463. The van der Waals surface area contributed by atoms with Crippen molar-refractivity contribution in [3.63, 3.8) is 0 Å². The molecule has 2 N–H and O–H groups in total.